The highest BCUT2D eigenvalue weighted by Gasteiger charge is 2.07. The van der Waals surface area contributed by atoms with Crippen molar-refractivity contribution in [2.75, 3.05) is 5.32 Å². The molecule has 0 aliphatic rings. The summed E-state index contributed by atoms with van der Waals surface area (Å²) in [5.41, 5.74) is 2.70. The number of nitrogens with one attached hydrogen (secondary N) is 1. The van der Waals surface area contributed by atoms with E-state index in [1.165, 1.54) is 0 Å². The van der Waals surface area contributed by atoms with Gasteiger partial charge in [-0.1, -0.05) is 45.2 Å². The average Bonchev–Trinajstić information content (AvgIpc) is 2.40. The molecule has 0 saturated heterocycles. The Kier molecular flexibility index (Phi) is 5.73. The normalized spacial score (nSPS) is 11.2. The van der Waals surface area contributed by atoms with Crippen LogP contribution in [0.4, 0.5) is 5.69 Å². The molecular formula is C16H20N2O. The van der Waals surface area contributed by atoms with Gasteiger partial charge in [-0.25, -0.2) is 0 Å². The lowest BCUT2D eigenvalue weighted by Crippen LogP contribution is -2.17. The van der Waals surface area contributed by atoms with Crippen LogP contribution in [0.1, 0.15) is 19.5 Å². The zero-order valence-corrected chi connectivity index (χ0v) is 11.5. The molecule has 1 amide bonds. The van der Waals surface area contributed by atoms with E-state index in [0.717, 1.165) is 17.0 Å². The first-order valence-corrected chi connectivity index (χ1v) is 6.26. The predicted molar refractivity (Wildman–Crippen MR) is 79.9 cm³/mol. The number of nitrogens with zero attached hydrogens (tertiary/aromatic N) is 1. The van der Waals surface area contributed by atoms with Crippen LogP contribution in [0.25, 0.3) is 0 Å². The molecule has 0 aliphatic heterocycles. The van der Waals surface area contributed by atoms with Crippen molar-refractivity contribution in [3.05, 3.63) is 61.0 Å². The van der Waals surface area contributed by atoms with E-state index >= 15 is 0 Å². The summed E-state index contributed by atoms with van der Waals surface area (Å²) in [7, 11) is 0. The number of carbonyl (C=O) groups excluding carboxylic acids is 1. The summed E-state index contributed by atoms with van der Waals surface area (Å²) in [6.45, 7) is 11.1. The first kappa shape index (κ1) is 14.9. The van der Waals surface area contributed by atoms with Crippen LogP contribution >= 0.6 is 0 Å². The van der Waals surface area contributed by atoms with Crippen LogP contribution in [-0.2, 0) is 11.2 Å². The van der Waals surface area contributed by atoms with Gasteiger partial charge in [0.25, 0.3) is 0 Å². The molecule has 0 unspecified atom stereocenters. The Bertz CT molecular complexity index is 484. The molecule has 0 spiro atoms. The van der Waals surface area contributed by atoms with E-state index in [1.807, 2.05) is 32.1 Å². The highest BCUT2D eigenvalue weighted by molar-refractivity contribution is 5.91. The molecule has 0 bridgehead atoms. The van der Waals surface area contributed by atoms with Gasteiger partial charge in [-0.3, -0.25) is 9.78 Å². The van der Waals surface area contributed by atoms with Crippen molar-refractivity contribution in [3.63, 3.8) is 0 Å². The third kappa shape index (κ3) is 4.92. The van der Waals surface area contributed by atoms with Gasteiger partial charge in [0.2, 0.25) is 5.91 Å². The van der Waals surface area contributed by atoms with E-state index in [4.69, 9.17) is 0 Å². The van der Waals surface area contributed by atoms with Gasteiger partial charge in [0, 0.05) is 18.0 Å². The van der Waals surface area contributed by atoms with Crippen LogP contribution in [0.5, 0.6) is 0 Å². The molecule has 1 N–H and O–H groups in total. The van der Waals surface area contributed by atoms with Crippen molar-refractivity contribution in [2.24, 2.45) is 5.92 Å². The molecule has 1 aromatic heterocycles. The Balaban J connectivity index is 2.71. The standard InChI is InChI=1S/C16H20N2O/c1-5-7-13(6-2)10-14-8-9-15(11-17-14)18-16(19)12(3)4/h5-9,11-12H,1-2,10H2,3-4H3,(H,18,19)/b13-7+. The minimum absolute atomic E-state index is 0.00659. The average molecular weight is 256 g/mol. The van der Waals surface area contributed by atoms with Crippen molar-refractivity contribution in [1.29, 1.82) is 0 Å². The minimum atomic E-state index is -0.0393. The number of hydrogen-bond donors (Lipinski definition) is 1. The van der Waals surface area contributed by atoms with Crippen LogP contribution in [0, 0.1) is 5.92 Å². The highest BCUT2D eigenvalue weighted by Crippen LogP contribution is 2.11. The van der Waals surface area contributed by atoms with Crippen molar-refractivity contribution < 1.29 is 4.79 Å². The second kappa shape index (κ2) is 7.31. The Morgan fingerprint density at radius 2 is 2.16 bits per heavy atom. The molecule has 1 rings (SSSR count). The third-order valence-corrected chi connectivity index (χ3v) is 2.60. The molecule has 1 aromatic rings. The van der Waals surface area contributed by atoms with Gasteiger partial charge in [-0.05, 0) is 17.7 Å². The summed E-state index contributed by atoms with van der Waals surface area (Å²) in [6, 6.07) is 3.76. The van der Waals surface area contributed by atoms with Gasteiger partial charge in [0.05, 0.1) is 11.9 Å². The van der Waals surface area contributed by atoms with E-state index in [9.17, 15) is 4.79 Å². The Morgan fingerprint density at radius 1 is 1.42 bits per heavy atom. The number of hydrogen-bond acceptors (Lipinski definition) is 2. The third-order valence-electron chi connectivity index (χ3n) is 2.60. The number of carbonyl (C=O) groups is 1. The number of allylic oxidation sites excluding steroid dienone is 4. The van der Waals surface area contributed by atoms with E-state index in [0.29, 0.717) is 6.42 Å². The lowest BCUT2D eigenvalue weighted by Gasteiger charge is -2.08. The van der Waals surface area contributed by atoms with E-state index in [1.54, 1.807) is 18.3 Å². The maximum atomic E-state index is 11.5. The van der Waals surface area contributed by atoms with Crippen molar-refractivity contribution in [2.45, 2.75) is 20.3 Å². The van der Waals surface area contributed by atoms with Gasteiger partial charge in [0.1, 0.15) is 0 Å². The van der Waals surface area contributed by atoms with Gasteiger partial charge in [-0.15, -0.1) is 0 Å². The summed E-state index contributed by atoms with van der Waals surface area (Å²) in [5.74, 6) is -0.0459. The fraction of sp³-hybridized carbons (Fsp3) is 0.250. The second-order valence-corrected chi connectivity index (χ2v) is 4.54. The minimum Gasteiger partial charge on any atom is -0.325 e. The van der Waals surface area contributed by atoms with E-state index < -0.39 is 0 Å². The molecule has 100 valence electrons. The fourth-order valence-electron chi connectivity index (χ4n) is 1.45. The Hall–Kier alpha value is -2.16. The summed E-state index contributed by atoms with van der Waals surface area (Å²) in [5, 5.41) is 2.81. The fourth-order valence-corrected chi connectivity index (χ4v) is 1.45. The first-order chi connectivity index (χ1) is 9.06. The monoisotopic (exact) mass is 256 g/mol. The summed E-state index contributed by atoms with van der Waals surface area (Å²) in [4.78, 5) is 15.9. The molecule has 19 heavy (non-hydrogen) atoms. The zero-order chi connectivity index (χ0) is 14.3. The predicted octanol–water partition coefficient (Wildman–Crippen LogP) is 3.52. The second-order valence-electron chi connectivity index (χ2n) is 4.54. The largest absolute Gasteiger partial charge is 0.325 e. The maximum absolute atomic E-state index is 11.5. The number of aromatic nitrogens is 1. The quantitative estimate of drug-likeness (QED) is 0.791. The van der Waals surface area contributed by atoms with Crippen LogP contribution < -0.4 is 5.32 Å². The Morgan fingerprint density at radius 3 is 2.63 bits per heavy atom. The topological polar surface area (TPSA) is 42.0 Å². The lowest BCUT2D eigenvalue weighted by molar-refractivity contribution is -0.118. The molecule has 0 fully saturated rings. The van der Waals surface area contributed by atoms with Gasteiger partial charge < -0.3 is 5.32 Å². The number of rotatable bonds is 6. The Labute approximate surface area is 114 Å². The van der Waals surface area contributed by atoms with Crippen molar-refractivity contribution >= 4 is 11.6 Å². The molecule has 0 aliphatic carbocycles. The van der Waals surface area contributed by atoms with Gasteiger partial charge in [0.15, 0.2) is 0 Å². The number of anilines is 1. The van der Waals surface area contributed by atoms with Crippen molar-refractivity contribution in [3.8, 4) is 0 Å². The smallest absolute Gasteiger partial charge is 0.226 e. The molecule has 0 radical (unpaired) electrons. The summed E-state index contributed by atoms with van der Waals surface area (Å²) >= 11 is 0. The molecule has 0 atom stereocenters. The first-order valence-electron chi connectivity index (χ1n) is 6.26. The van der Waals surface area contributed by atoms with Crippen LogP contribution in [0.15, 0.2) is 55.3 Å². The molecule has 0 saturated carbocycles. The van der Waals surface area contributed by atoms with Gasteiger partial charge in [-0.2, -0.15) is 0 Å². The number of amides is 1. The van der Waals surface area contributed by atoms with Crippen LogP contribution in [-0.4, -0.2) is 10.9 Å². The molecule has 3 nitrogen and oxygen atoms in total. The van der Waals surface area contributed by atoms with E-state index in [2.05, 4.69) is 23.5 Å². The summed E-state index contributed by atoms with van der Waals surface area (Å²) < 4.78 is 0. The SMILES string of the molecule is C=C/C=C(\C=C)Cc1ccc(NC(=O)C(C)C)cn1. The lowest BCUT2D eigenvalue weighted by atomic mass is 10.1. The zero-order valence-electron chi connectivity index (χ0n) is 11.5. The van der Waals surface area contributed by atoms with Crippen LogP contribution in [0.3, 0.4) is 0 Å². The maximum Gasteiger partial charge on any atom is 0.226 e. The van der Waals surface area contributed by atoms with Gasteiger partial charge >= 0.3 is 0 Å². The molecule has 1 heterocycles. The number of pyridine rings is 1. The summed E-state index contributed by atoms with van der Waals surface area (Å²) in [6.07, 6.45) is 7.80. The molecular weight excluding hydrogens is 236 g/mol. The highest BCUT2D eigenvalue weighted by atomic mass is 16.1. The van der Waals surface area contributed by atoms with E-state index in [-0.39, 0.29) is 11.8 Å². The molecule has 0 aromatic carbocycles. The van der Waals surface area contributed by atoms with Crippen LogP contribution in [0.2, 0.25) is 0 Å². The van der Waals surface area contributed by atoms with Crippen molar-refractivity contribution in [1.82, 2.24) is 4.98 Å². The molecule has 3 heteroatoms.